The number of fused-ring (bicyclic) bond motifs is 1. The van der Waals surface area contributed by atoms with E-state index >= 15 is 0 Å². The van der Waals surface area contributed by atoms with Crippen molar-refractivity contribution in [2.75, 3.05) is 14.2 Å². The summed E-state index contributed by atoms with van der Waals surface area (Å²) in [6, 6.07) is 11.3. The molecule has 1 aliphatic carbocycles. The van der Waals surface area contributed by atoms with E-state index in [0.29, 0.717) is 11.3 Å². The van der Waals surface area contributed by atoms with Gasteiger partial charge < -0.3 is 14.6 Å². The number of benzene rings is 2. The fraction of sp³-hybridized carbons (Fsp3) is 0.278. The monoisotopic (exact) mass is 298 g/mol. The lowest BCUT2D eigenvalue weighted by molar-refractivity contribution is 0.0695. The van der Waals surface area contributed by atoms with Crippen LogP contribution in [0, 0.1) is 0 Å². The molecule has 1 N–H and O–H groups in total. The summed E-state index contributed by atoms with van der Waals surface area (Å²) in [5.74, 6) is 0.593. The van der Waals surface area contributed by atoms with E-state index in [1.165, 1.54) is 18.2 Å². The van der Waals surface area contributed by atoms with E-state index in [9.17, 15) is 9.90 Å². The van der Waals surface area contributed by atoms with E-state index < -0.39 is 5.97 Å². The molecule has 22 heavy (non-hydrogen) atoms. The number of aryl methyl sites for hydroxylation is 1. The molecule has 3 rings (SSSR count). The Labute approximate surface area is 129 Å². The second kappa shape index (κ2) is 5.72. The Kier molecular flexibility index (Phi) is 3.75. The van der Waals surface area contributed by atoms with Crippen LogP contribution in [0.5, 0.6) is 11.5 Å². The molecule has 0 spiro atoms. The minimum atomic E-state index is -0.920. The highest BCUT2D eigenvalue weighted by atomic mass is 16.5. The van der Waals surface area contributed by atoms with E-state index in [1.807, 2.05) is 30.3 Å². The van der Waals surface area contributed by atoms with Crippen molar-refractivity contribution in [2.45, 2.75) is 18.8 Å². The molecule has 0 amide bonds. The number of hydrogen-bond donors (Lipinski definition) is 1. The van der Waals surface area contributed by atoms with Crippen molar-refractivity contribution >= 4 is 5.97 Å². The Hall–Kier alpha value is -2.49. The first kappa shape index (κ1) is 14.4. The van der Waals surface area contributed by atoms with Crippen LogP contribution in [0.1, 0.15) is 39.4 Å². The zero-order valence-corrected chi connectivity index (χ0v) is 12.6. The largest absolute Gasteiger partial charge is 0.497 e. The molecule has 0 aromatic heterocycles. The van der Waals surface area contributed by atoms with Gasteiger partial charge in [-0.1, -0.05) is 12.1 Å². The second-order valence-electron chi connectivity index (χ2n) is 5.41. The van der Waals surface area contributed by atoms with Crippen molar-refractivity contribution in [2.24, 2.45) is 0 Å². The van der Waals surface area contributed by atoms with Crippen LogP contribution in [-0.4, -0.2) is 25.3 Å². The number of carboxylic acids is 1. The van der Waals surface area contributed by atoms with Crippen LogP contribution in [0.15, 0.2) is 36.4 Å². The van der Waals surface area contributed by atoms with Gasteiger partial charge in [0, 0.05) is 5.92 Å². The molecule has 1 atom stereocenters. The van der Waals surface area contributed by atoms with Crippen LogP contribution in [0.2, 0.25) is 0 Å². The van der Waals surface area contributed by atoms with Gasteiger partial charge in [-0.3, -0.25) is 0 Å². The average molecular weight is 298 g/mol. The normalized spacial score (nSPS) is 16.2. The SMILES string of the molecule is COc1ccc2c(c1)CC[C@H]2c1ccc(OC)cc1C(=O)O. The number of hydrogen-bond acceptors (Lipinski definition) is 3. The zero-order chi connectivity index (χ0) is 15.7. The molecular weight excluding hydrogens is 280 g/mol. The third-order valence-electron chi connectivity index (χ3n) is 4.29. The lowest BCUT2D eigenvalue weighted by Gasteiger charge is -2.16. The first-order chi connectivity index (χ1) is 10.6. The Morgan fingerprint density at radius 1 is 1.05 bits per heavy atom. The predicted octanol–water partition coefficient (Wildman–Crippen LogP) is 3.48. The maximum absolute atomic E-state index is 11.6. The highest BCUT2D eigenvalue weighted by molar-refractivity contribution is 5.90. The standard InChI is InChI=1S/C18H18O4/c1-21-12-4-7-14-11(9-12)3-6-15(14)16-8-5-13(22-2)10-17(16)18(19)20/h4-5,7-10,15H,3,6H2,1-2H3,(H,19,20)/t15-/m1/s1. The predicted molar refractivity (Wildman–Crippen MR) is 83.1 cm³/mol. The van der Waals surface area contributed by atoms with Gasteiger partial charge in [0.05, 0.1) is 19.8 Å². The number of carboxylic acid groups (broad SMARTS) is 1. The van der Waals surface area contributed by atoms with Gasteiger partial charge in [0.1, 0.15) is 11.5 Å². The molecule has 0 aliphatic heterocycles. The van der Waals surface area contributed by atoms with Crippen LogP contribution in [0.25, 0.3) is 0 Å². The summed E-state index contributed by atoms with van der Waals surface area (Å²) in [5, 5.41) is 9.50. The van der Waals surface area contributed by atoms with E-state index in [2.05, 4.69) is 0 Å². The summed E-state index contributed by atoms with van der Waals surface area (Å²) in [7, 11) is 3.19. The number of carbonyl (C=O) groups is 1. The molecule has 2 aromatic rings. The number of methoxy groups -OCH3 is 2. The maximum Gasteiger partial charge on any atom is 0.336 e. The van der Waals surface area contributed by atoms with Gasteiger partial charge in [0.2, 0.25) is 0 Å². The number of rotatable bonds is 4. The maximum atomic E-state index is 11.6. The average Bonchev–Trinajstić information content (AvgIpc) is 2.96. The second-order valence-corrected chi connectivity index (χ2v) is 5.41. The summed E-state index contributed by atoms with van der Waals surface area (Å²) in [5.41, 5.74) is 3.58. The molecule has 0 radical (unpaired) electrons. The van der Waals surface area contributed by atoms with Crippen molar-refractivity contribution in [3.05, 3.63) is 58.7 Å². The van der Waals surface area contributed by atoms with E-state index in [-0.39, 0.29) is 5.92 Å². The zero-order valence-electron chi connectivity index (χ0n) is 12.6. The summed E-state index contributed by atoms with van der Waals surface area (Å²) in [4.78, 5) is 11.6. The number of aromatic carboxylic acids is 1. The van der Waals surface area contributed by atoms with Crippen LogP contribution in [0.4, 0.5) is 0 Å². The van der Waals surface area contributed by atoms with E-state index in [4.69, 9.17) is 9.47 Å². The minimum Gasteiger partial charge on any atom is -0.497 e. The topological polar surface area (TPSA) is 55.8 Å². The molecule has 1 aliphatic rings. The molecule has 0 saturated heterocycles. The third kappa shape index (κ3) is 2.41. The Morgan fingerprint density at radius 3 is 2.32 bits per heavy atom. The highest BCUT2D eigenvalue weighted by Gasteiger charge is 2.28. The summed E-state index contributed by atoms with van der Waals surface area (Å²) >= 11 is 0. The highest BCUT2D eigenvalue weighted by Crippen LogP contribution is 2.41. The Balaban J connectivity index is 2.06. The van der Waals surface area contributed by atoms with Crippen molar-refractivity contribution in [3.63, 3.8) is 0 Å². The van der Waals surface area contributed by atoms with E-state index in [0.717, 1.165) is 24.2 Å². The van der Waals surface area contributed by atoms with Gasteiger partial charge >= 0.3 is 5.97 Å². The first-order valence-electron chi connectivity index (χ1n) is 7.22. The van der Waals surface area contributed by atoms with Crippen LogP contribution in [-0.2, 0) is 6.42 Å². The summed E-state index contributed by atoms with van der Waals surface area (Å²) in [6.07, 6.45) is 1.84. The quantitative estimate of drug-likeness (QED) is 0.939. The molecule has 0 saturated carbocycles. The summed E-state index contributed by atoms with van der Waals surface area (Å²) in [6.45, 7) is 0. The van der Waals surface area contributed by atoms with Gasteiger partial charge in [-0.15, -0.1) is 0 Å². The van der Waals surface area contributed by atoms with Gasteiger partial charge in [-0.05, 0) is 53.8 Å². The number of ether oxygens (including phenoxy) is 2. The third-order valence-corrected chi connectivity index (χ3v) is 4.29. The van der Waals surface area contributed by atoms with Crippen molar-refractivity contribution in [1.29, 1.82) is 0 Å². The van der Waals surface area contributed by atoms with Crippen LogP contribution in [0.3, 0.4) is 0 Å². The smallest absolute Gasteiger partial charge is 0.336 e. The van der Waals surface area contributed by atoms with Gasteiger partial charge in [-0.25, -0.2) is 4.79 Å². The molecule has 4 nitrogen and oxygen atoms in total. The van der Waals surface area contributed by atoms with Crippen molar-refractivity contribution in [3.8, 4) is 11.5 Å². The fourth-order valence-electron chi connectivity index (χ4n) is 3.20. The van der Waals surface area contributed by atoms with Crippen LogP contribution >= 0.6 is 0 Å². The molecule has 0 bridgehead atoms. The molecule has 4 heteroatoms. The molecular formula is C18H18O4. The minimum absolute atomic E-state index is 0.109. The molecule has 2 aromatic carbocycles. The fourth-order valence-corrected chi connectivity index (χ4v) is 3.20. The molecule has 0 unspecified atom stereocenters. The van der Waals surface area contributed by atoms with Crippen molar-refractivity contribution < 1.29 is 19.4 Å². The first-order valence-corrected chi connectivity index (χ1v) is 7.22. The van der Waals surface area contributed by atoms with Gasteiger partial charge in [0.15, 0.2) is 0 Å². The van der Waals surface area contributed by atoms with Crippen molar-refractivity contribution in [1.82, 2.24) is 0 Å². The molecule has 114 valence electrons. The van der Waals surface area contributed by atoms with Crippen LogP contribution < -0.4 is 9.47 Å². The Bertz CT molecular complexity index is 721. The van der Waals surface area contributed by atoms with E-state index in [1.54, 1.807) is 13.2 Å². The molecule has 0 heterocycles. The summed E-state index contributed by atoms with van der Waals surface area (Å²) < 4.78 is 10.4. The van der Waals surface area contributed by atoms with Gasteiger partial charge in [-0.2, -0.15) is 0 Å². The molecule has 0 fully saturated rings. The Morgan fingerprint density at radius 2 is 1.68 bits per heavy atom. The van der Waals surface area contributed by atoms with Gasteiger partial charge in [0.25, 0.3) is 0 Å². The lowest BCUT2D eigenvalue weighted by atomic mass is 9.89. The lowest BCUT2D eigenvalue weighted by Crippen LogP contribution is -2.07.